The second kappa shape index (κ2) is 5.80. The zero-order valence-electron chi connectivity index (χ0n) is 9.37. The van der Waals surface area contributed by atoms with E-state index >= 15 is 0 Å². The summed E-state index contributed by atoms with van der Waals surface area (Å²) in [7, 11) is 0. The molecule has 0 fully saturated rings. The molecule has 0 spiro atoms. The topological polar surface area (TPSA) is 50.1 Å². The monoisotopic (exact) mass is 255 g/mol. The van der Waals surface area contributed by atoms with Crippen LogP contribution in [0.25, 0.3) is 6.08 Å². The SMILES string of the molecule is N#Cc1ccccc1OC(=O)/C=C/c1cccs1. The lowest BCUT2D eigenvalue weighted by Crippen LogP contribution is -2.04. The molecule has 0 unspecified atom stereocenters. The molecule has 0 atom stereocenters. The van der Waals surface area contributed by atoms with E-state index in [0.717, 1.165) is 4.88 Å². The largest absolute Gasteiger partial charge is 0.422 e. The maximum Gasteiger partial charge on any atom is 0.336 e. The van der Waals surface area contributed by atoms with Crippen LogP contribution >= 0.6 is 11.3 Å². The van der Waals surface area contributed by atoms with Gasteiger partial charge in [-0.2, -0.15) is 5.26 Å². The number of hydrogen-bond donors (Lipinski definition) is 0. The van der Waals surface area contributed by atoms with Gasteiger partial charge in [-0.15, -0.1) is 11.3 Å². The highest BCUT2D eigenvalue weighted by Crippen LogP contribution is 2.17. The van der Waals surface area contributed by atoms with Crippen molar-refractivity contribution in [2.24, 2.45) is 0 Å². The van der Waals surface area contributed by atoms with E-state index in [1.54, 1.807) is 30.3 Å². The fourth-order valence-electron chi connectivity index (χ4n) is 1.33. The van der Waals surface area contributed by atoms with Crippen molar-refractivity contribution in [1.82, 2.24) is 0 Å². The summed E-state index contributed by atoms with van der Waals surface area (Å²) in [4.78, 5) is 12.5. The zero-order valence-corrected chi connectivity index (χ0v) is 10.2. The molecule has 1 heterocycles. The van der Waals surface area contributed by atoms with Crippen LogP contribution < -0.4 is 4.74 Å². The maximum absolute atomic E-state index is 11.6. The molecule has 1 aromatic heterocycles. The molecule has 0 saturated carbocycles. The normalized spacial score (nSPS) is 10.2. The van der Waals surface area contributed by atoms with Crippen molar-refractivity contribution in [3.8, 4) is 11.8 Å². The molecule has 4 heteroatoms. The molecule has 18 heavy (non-hydrogen) atoms. The summed E-state index contributed by atoms with van der Waals surface area (Å²) >= 11 is 1.53. The Morgan fingerprint density at radius 1 is 1.28 bits per heavy atom. The van der Waals surface area contributed by atoms with Crippen molar-refractivity contribution in [2.45, 2.75) is 0 Å². The fourth-order valence-corrected chi connectivity index (χ4v) is 1.94. The standard InChI is InChI=1S/C14H9NO2S/c15-10-11-4-1-2-6-13(11)17-14(16)8-7-12-5-3-9-18-12/h1-9H/b8-7+. The average molecular weight is 255 g/mol. The number of esters is 1. The molecule has 0 amide bonds. The van der Waals surface area contributed by atoms with Gasteiger partial charge in [0, 0.05) is 11.0 Å². The number of carbonyl (C=O) groups excluding carboxylic acids is 1. The Hall–Kier alpha value is -2.38. The van der Waals surface area contributed by atoms with E-state index < -0.39 is 5.97 Å². The Morgan fingerprint density at radius 2 is 2.11 bits per heavy atom. The Bertz CT molecular complexity index is 609. The predicted molar refractivity (Wildman–Crippen MR) is 70.1 cm³/mol. The maximum atomic E-state index is 11.6. The number of thiophene rings is 1. The van der Waals surface area contributed by atoms with Gasteiger partial charge in [-0.25, -0.2) is 4.79 Å². The zero-order chi connectivity index (χ0) is 12.8. The van der Waals surface area contributed by atoms with Gasteiger partial charge in [0.15, 0.2) is 0 Å². The molecule has 1 aromatic carbocycles. The van der Waals surface area contributed by atoms with E-state index in [1.807, 2.05) is 23.6 Å². The van der Waals surface area contributed by atoms with E-state index in [1.165, 1.54) is 17.4 Å². The van der Waals surface area contributed by atoms with E-state index in [9.17, 15) is 4.79 Å². The van der Waals surface area contributed by atoms with Crippen molar-refractivity contribution < 1.29 is 9.53 Å². The molecule has 0 N–H and O–H groups in total. The molecule has 0 aliphatic carbocycles. The predicted octanol–water partition coefficient (Wildman–Crippen LogP) is 3.24. The van der Waals surface area contributed by atoms with Crippen LogP contribution in [-0.2, 0) is 4.79 Å². The van der Waals surface area contributed by atoms with Gasteiger partial charge in [-0.05, 0) is 29.7 Å². The number of carbonyl (C=O) groups is 1. The summed E-state index contributed by atoms with van der Waals surface area (Å²) in [6.07, 6.45) is 3.03. The van der Waals surface area contributed by atoms with Crippen LogP contribution in [0, 0.1) is 11.3 Å². The lowest BCUT2D eigenvalue weighted by atomic mass is 10.2. The number of para-hydroxylation sites is 1. The van der Waals surface area contributed by atoms with Crippen molar-refractivity contribution in [1.29, 1.82) is 5.26 Å². The second-order valence-electron chi connectivity index (χ2n) is 3.38. The quantitative estimate of drug-likeness (QED) is 0.480. The minimum atomic E-state index is -0.494. The lowest BCUT2D eigenvalue weighted by molar-refractivity contribution is -0.128. The van der Waals surface area contributed by atoms with Crippen molar-refractivity contribution in [3.05, 3.63) is 58.3 Å². The molecule has 0 aliphatic rings. The molecule has 0 radical (unpaired) electrons. The molecule has 0 bridgehead atoms. The lowest BCUT2D eigenvalue weighted by Gasteiger charge is -2.02. The number of nitriles is 1. The highest BCUT2D eigenvalue weighted by Gasteiger charge is 2.05. The van der Waals surface area contributed by atoms with Crippen LogP contribution in [0.4, 0.5) is 0 Å². The van der Waals surface area contributed by atoms with E-state index in [-0.39, 0.29) is 5.75 Å². The van der Waals surface area contributed by atoms with E-state index in [0.29, 0.717) is 5.56 Å². The van der Waals surface area contributed by atoms with Gasteiger partial charge < -0.3 is 4.74 Å². The Labute approximate surface area is 109 Å². The Kier molecular flexibility index (Phi) is 3.90. The fraction of sp³-hybridized carbons (Fsp3) is 0. The second-order valence-corrected chi connectivity index (χ2v) is 4.36. The van der Waals surface area contributed by atoms with Gasteiger partial charge in [-0.3, -0.25) is 0 Å². The first-order valence-electron chi connectivity index (χ1n) is 5.22. The third kappa shape index (κ3) is 3.06. The summed E-state index contributed by atoms with van der Waals surface area (Å²) in [5.74, 6) is -0.216. The molecule has 2 aromatic rings. The van der Waals surface area contributed by atoms with Crippen LogP contribution in [0.15, 0.2) is 47.9 Å². The van der Waals surface area contributed by atoms with Gasteiger partial charge in [0.1, 0.15) is 11.8 Å². The van der Waals surface area contributed by atoms with E-state index in [4.69, 9.17) is 10.00 Å². The molecule has 0 saturated heterocycles. The van der Waals surface area contributed by atoms with Crippen LogP contribution in [0.2, 0.25) is 0 Å². The van der Waals surface area contributed by atoms with Crippen molar-refractivity contribution in [2.75, 3.05) is 0 Å². The number of ether oxygens (including phenoxy) is 1. The van der Waals surface area contributed by atoms with Crippen molar-refractivity contribution >= 4 is 23.4 Å². The third-order valence-electron chi connectivity index (χ3n) is 2.14. The molecule has 88 valence electrons. The number of benzene rings is 1. The molecular formula is C14H9NO2S. The summed E-state index contributed by atoms with van der Waals surface area (Å²) in [5.41, 5.74) is 0.343. The molecular weight excluding hydrogens is 246 g/mol. The van der Waals surface area contributed by atoms with Gasteiger partial charge in [0.25, 0.3) is 0 Å². The highest BCUT2D eigenvalue weighted by molar-refractivity contribution is 7.10. The Morgan fingerprint density at radius 3 is 2.83 bits per heavy atom. The minimum Gasteiger partial charge on any atom is -0.422 e. The summed E-state index contributed by atoms with van der Waals surface area (Å²) in [6.45, 7) is 0. The third-order valence-corrected chi connectivity index (χ3v) is 2.98. The summed E-state index contributed by atoms with van der Waals surface area (Å²) in [6, 6.07) is 12.4. The van der Waals surface area contributed by atoms with Gasteiger partial charge in [0.05, 0.1) is 5.56 Å². The highest BCUT2D eigenvalue weighted by atomic mass is 32.1. The molecule has 0 aliphatic heterocycles. The first kappa shape index (κ1) is 12.1. The average Bonchev–Trinajstić information content (AvgIpc) is 2.90. The molecule has 3 nitrogen and oxygen atoms in total. The number of nitrogens with zero attached hydrogens (tertiary/aromatic N) is 1. The van der Waals surface area contributed by atoms with Crippen LogP contribution in [0.3, 0.4) is 0 Å². The van der Waals surface area contributed by atoms with Gasteiger partial charge >= 0.3 is 5.97 Å². The van der Waals surface area contributed by atoms with Gasteiger partial charge in [0.2, 0.25) is 0 Å². The molecule has 2 rings (SSSR count). The van der Waals surface area contributed by atoms with Crippen molar-refractivity contribution in [3.63, 3.8) is 0 Å². The number of rotatable bonds is 3. The first-order chi connectivity index (χ1) is 8.79. The van der Waals surface area contributed by atoms with Crippen LogP contribution in [-0.4, -0.2) is 5.97 Å². The summed E-state index contributed by atoms with van der Waals surface area (Å²) < 4.78 is 5.09. The Balaban J connectivity index is 2.06. The van der Waals surface area contributed by atoms with E-state index in [2.05, 4.69) is 0 Å². The smallest absolute Gasteiger partial charge is 0.336 e. The minimum absolute atomic E-state index is 0.279. The first-order valence-corrected chi connectivity index (χ1v) is 6.10. The van der Waals surface area contributed by atoms with Crippen LogP contribution in [0.1, 0.15) is 10.4 Å². The summed E-state index contributed by atoms with van der Waals surface area (Å²) in [5, 5.41) is 10.8. The van der Waals surface area contributed by atoms with Crippen LogP contribution in [0.5, 0.6) is 5.75 Å². The van der Waals surface area contributed by atoms with Gasteiger partial charge in [-0.1, -0.05) is 18.2 Å². The number of hydrogen-bond acceptors (Lipinski definition) is 4.